The Morgan fingerprint density at radius 1 is 1.19 bits per heavy atom. The third-order valence-electron chi connectivity index (χ3n) is 2.39. The van der Waals surface area contributed by atoms with Gasteiger partial charge in [0.25, 0.3) is 0 Å². The number of hydrogen-bond donors (Lipinski definition) is 1. The largest absolute Gasteiger partial charge is 0.368 e. The molecule has 0 aliphatic carbocycles. The summed E-state index contributed by atoms with van der Waals surface area (Å²) in [7, 11) is 0. The average Bonchev–Trinajstić information content (AvgIpc) is 2.45. The van der Waals surface area contributed by atoms with Crippen LogP contribution in [-0.2, 0) is 5.54 Å². The fraction of sp³-hybridized carbons (Fsp3) is 0.769. The van der Waals surface area contributed by atoms with Crippen molar-refractivity contribution in [3.05, 3.63) is 11.8 Å². The van der Waals surface area contributed by atoms with Crippen LogP contribution in [-0.4, -0.2) is 15.8 Å². The molecule has 0 radical (unpaired) electrons. The Labute approximate surface area is 99.2 Å². The number of anilines is 1. The van der Waals surface area contributed by atoms with Crippen molar-refractivity contribution in [2.24, 2.45) is 0 Å². The molecule has 0 aliphatic heterocycles. The van der Waals surface area contributed by atoms with E-state index >= 15 is 0 Å². The zero-order valence-electron chi connectivity index (χ0n) is 11.6. The number of aromatic nitrogens is 2. The molecule has 16 heavy (non-hydrogen) atoms. The molecule has 3 nitrogen and oxygen atoms in total. The normalized spacial score (nSPS) is 12.6. The Kier molecular flexibility index (Phi) is 3.66. The van der Waals surface area contributed by atoms with Crippen LogP contribution in [0.15, 0.2) is 6.07 Å². The maximum absolute atomic E-state index is 4.69. The van der Waals surface area contributed by atoms with Crippen molar-refractivity contribution in [2.45, 2.75) is 66.0 Å². The second-order valence-electron chi connectivity index (χ2n) is 5.99. The number of nitrogens with zero attached hydrogens (tertiary/aromatic N) is 2. The van der Waals surface area contributed by atoms with Gasteiger partial charge in [-0.05, 0) is 40.5 Å². The van der Waals surface area contributed by atoms with Gasteiger partial charge in [0.05, 0.1) is 11.2 Å². The lowest BCUT2D eigenvalue weighted by Crippen LogP contribution is -2.26. The number of hydrogen-bond acceptors (Lipinski definition) is 2. The summed E-state index contributed by atoms with van der Waals surface area (Å²) in [6, 6.07) is 2.59. The fourth-order valence-corrected chi connectivity index (χ4v) is 1.59. The van der Waals surface area contributed by atoms with Crippen LogP contribution in [0.1, 0.15) is 60.1 Å². The topological polar surface area (TPSA) is 29.9 Å². The lowest BCUT2D eigenvalue weighted by Gasteiger charge is -2.23. The number of nitrogens with one attached hydrogen (secondary N) is 1. The maximum Gasteiger partial charge on any atom is 0.125 e. The Morgan fingerprint density at radius 3 is 2.12 bits per heavy atom. The fourth-order valence-electron chi connectivity index (χ4n) is 1.59. The van der Waals surface area contributed by atoms with Gasteiger partial charge in [0.2, 0.25) is 0 Å². The molecule has 1 aromatic rings. The molecule has 92 valence electrons. The highest BCUT2D eigenvalue weighted by Gasteiger charge is 2.20. The van der Waals surface area contributed by atoms with Crippen LogP contribution in [0.3, 0.4) is 0 Å². The van der Waals surface area contributed by atoms with Crippen LogP contribution in [0, 0.1) is 0 Å². The summed E-state index contributed by atoms with van der Waals surface area (Å²) in [5.74, 6) is 1.59. The van der Waals surface area contributed by atoms with E-state index in [4.69, 9.17) is 0 Å². The molecule has 0 saturated heterocycles. The zero-order valence-corrected chi connectivity index (χ0v) is 11.6. The van der Waals surface area contributed by atoms with E-state index in [1.54, 1.807) is 0 Å². The smallest absolute Gasteiger partial charge is 0.125 e. The van der Waals surface area contributed by atoms with E-state index in [-0.39, 0.29) is 5.54 Å². The van der Waals surface area contributed by atoms with Gasteiger partial charge < -0.3 is 5.32 Å². The summed E-state index contributed by atoms with van der Waals surface area (Å²) in [5, 5.41) is 8.14. The standard InChI is InChI=1S/C13H25N3/c1-9(2)11-8-12(14-10(3)4)16(15-11)13(5,6)7/h8-10,14H,1-7H3. The quantitative estimate of drug-likeness (QED) is 0.848. The highest BCUT2D eigenvalue weighted by Crippen LogP contribution is 2.25. The van der Waals surface area contributed by atoms with Crippen molar-refractivity contribution >= 4 is 5.82 Å². The lowest BCUT2D eigenvalue weighted by molar-refractivity contribution is 0.356. The predicted octanol–water partition coefficient (Wildman–Crippen LogP) is 3.58. The van der Waals surface area contributed by atoms with Gasteiger partial charge in [0, 0.05) is 12.1 Å². The van der Waals surface area contributed by atoms with Crippen molar-refractivity contribution in [3.63, 3.8) is 0 Å². The van der Waals surface area contributed by atoms with Gasteiger partial charge in [-0.2, -0.15) is 5.10 Å². The molecule has 0 saturated carbocycles. The van der Waals surface area contributed by atoms with Crippen molar-refractivity contribution in [1.29, 1.82) is 0 Å². The van der Waals surface area contributed by atoms with Gasteiger partial charge in [-0.3, -0.25) is 0 Å². The molecule has 0 fully saturated rings. The highest BCUT2D eigenvalue weighted by atomic mass is 15.4. The first kappa shape index (κ1) is 13.1. The third kappa shape index (κ3) is 3.00. The molecule has 0 aromatic carbocycles. The van der Waals surface area contributed by atoms with E-state index in [0.717, 1.165) is 11.5 Å². The molecule has 1 N–H and O–H groups in total. The van der Waals surface area contributed by atoms with Gasteiger partial charge in [0.15, 0.2) is 0 Å². The van der Waals surface area contributed by atoms with Crippen LogP contribution in [0.2, 0.25) is 0 Å². The Hall–Kier alpha value is -0.990. The van der Waals surface area contributed by atoms with E-state index in [1.807, 2.05) is 0 Å². The minimum atomic E-state index is 0.0182. The van der Waals surface area contributed by atoms with Crippen molar-refractivity contribution < 1.29 is 0 Å². The van der Waals surface area contributed by atoms with Crippen molar-refractivity contribution in [3.8, 4) is 0 Å². The van der Waals surface area contributed by atoms with Crippen LogP contribution in [0.4, 0.5) is 5.82 Å². The first-order valence-electron chi connectivity index (χ1n) is 6.08. The molecule has 3 heteroatoms. The molecular weight excluding hydrogens is 198 g/mol. The predicted molar refractivity (Wildman–Crippen MR) is 70.1 cm³/mol. The number of rotatable bonds is 3. The zero-order chi connectivity index (χ0) is 12.5. The third-order valence-corrected chi connectivity index (χ3v) is 2.39. The van der Waals surface area contributed by atoms with E-state index in [9.17, 15) is 0 Å². The molecule has 0 aliphatic rings. The molecule has 0 amide bonds. The molecule has 0 atom stereocenters. The molecule has 0 bridgehead atoms. The minimum Gasteiger partial charge on any atom is -0.368 e. The Balaban J connectivity index is 3.13. The lowest BCUT2D eigenvalue weighted by atomic mass is 10.1. The average molecular weight is 223 g/mol. The summed E-state index contributed by atoms with van der Waals surface area (Å²) in [5.41, 5.74) is 1.17. The second kappa shape index (κ2) is 4.48. The molecule has 0 spiro atoms. The van der Waals surface area contributed by atoms with Gasteiger partial charge >= 0.3 is 0 Å². The molecule has 1 rings (SSSR count). The SMILES string of the molecule is CC(C)Nc1cc(C(C)C)nn1C(C)(C)C. The Morgan fingerprint density at radius 2 is 1.75 bits per heavy atom. The van der Waals surface area contributed by atoms with E-state index in [2.05, 4.69) is 69.6 Å². The van der Waals surface area contributed by atoms with Crippen molar-refractivity contribution in [2.75, 3.05) is 5.32 Å². The van der Waals surface area contributed by atoms with E-state index < -0.39 is 0 Å². The summed E-state index contributed by atoms with van der Waals surface area (Å²) < 4.78 is 2.09. The van der Waals surface area contributed by atoms with Crippen molar-refractivity contribution in [1.82, 2.24) is 9.78 Å². The molecular formula is C13H25N3. The first-order valence-corrected chi connectivity index (χ1v) is 6.08. The minimum absolute atomic E-state index is 0.0182. The van der Waals surface area contributed by atoms with Gasteiger partial charge in [-0.1, -0.05) is 13.8 Å². The van der Waals surface area contributed by atoms with Gasteiger partial charge in [0.1, 0.15) is 5.82 Å². The van der Waals surface area contributed by atoms with E-state index in [0.29, 0.717) is 12.0 Å². The van der Waals surface area contributed by atoms with Crippen LogP contribution >= 0.6 is 0 Å². The summed E-state index contributed by atoms with van der Waals surface area (Å²) in [6.07, 6.45) is 0. The van der Waals surface area contributed by atoms with Crippen LogP contribution < -0.4 is 5.32 Å². The highest BCUT2D eigenvalue weighted by molar-refractivity contribution is 5.39. The first-order chi connectivity index (χ1) is 7.21. The van der Waals surface area contributed by atoms with Gasteiger partial charge in [-0.25, -0.2) is 4.68 Å². The second-order valence-corrected chi connectivity index (χ2v) is 5.99. The van der Waals surface area contributed by atoms with E-state index in [1.165, 1.54) is 0 Å². The molecule has 1 heterocycles. The van der Waals surface area contributed by atoms with Gasteiger partial charge in [-0.15, -0.1) is 0 Å². The monoisotopic (exact) mass is 223 g/mol. The van der Waals surface area contributed by atoms with Crippen LogP contribution in [0.25, 0.3) is 0 Å². The summed E-state index contributed by atoms with van der Waals surface area (Å²) in [4.78, 5) is 0. The Bertz CT molecular complexity index is 343. The maximum atomic E-state index is 4.69. The molecule has 1 aromatic heterocycles. The van der Waals surface area contributed by atoms with Crippen LogP contribution in [0.5, 0.6) is 0 Å². The summed E-state index contributed by atoms with van der Waals surface area (Å²) in [6.45, 7) is 15.2. The molecule has 0 unspecified atom stereocenters. The summed E-state index contributed by atoms with van der Waals surface area (Å²) >= 11 is 0.